The third-order valence-electron chi connectivity index (χ3n) is 4.76. The van der Waals surface area contributed by atoms with Gasteiger partial charge >= 0.3 is 6.09 Å². The summed E-state index contributed by atoms with van der Waals surface area (Å²) in [5.41, 5.74) is 0.313. The maximum absolute atomic E-state index is 12.9. The van der Waals surface area contributed by atoms with Crippen molar-refractivity contribution in [3.05, 3.63) is 34.9 Å². The van der Waals surface area contributed by atoms with Gasteiger partial charge in [0.25, 0.3) is 0 Å². The summed E-state index contributed by atoms with van der Waals surface area (Å²) < 4.78 is 5.62. The van der Waals surface area contributed by atoms with Crippen molar-refractivity contribution in [1.29, 1.82) is 0 Å². The number of thioether (sulfide) groups is 1. The normalized spacial score (nSPS) is 23.5. The highest BCUT2D eigenvalue weighted by Gasteiger charge is 2.44. The molecular formula is C20H27ClN2O3S. The minimum Gasteiger partial charge on any atom is -0.444 e. The van der Waals surface area contributed by atoms with E-state index in [4.69, 9.17) is 16.3 Å². The molecule has 1 saturated carbocycles. The standard InChI is InChI=1S/C20H27ClN2O3S/c1-20(2,3)26-19(25)23-16(17(24)22-15-6-4-5-7-15)12-27-18(23)13-8-10-14(21)11-9-13/h8-11,15-16,18H,4-7,12H2,1-3H3,(H,22,24). The molecule has 1 saturated heterocycles. The molecule has 7 heteroatoms. The van der Waals surface area contributed by atoms with E-state index in [0.29, 0.717) is 10.8 Å². The van der Waals surface area contributed by atoms with E-state index < -0.39 is 17.7 Å². The maximum atomic E-state index is 12.9. The van der Waals surface area contributed by atoms with Crippen molar-refractivity contribution >= 4 is 35.4 Å². The van der Waals surface area contributed by atoms with Crippen LogP contribution >= 0.6 is 23.4 Å². The Hall–Kier alpha value is -1.40. The Morgan fingerprint density at radius 2 is 1.81 bits per heavy atom. The second-order valence-electron chi connectivity index (χ2n) is 8.13. The van der Waals surface area contributed by atoms with Gasteiger partial charge in [-0.2, -0.15) is 0 Å². The molecule has 1 aromatic carbocycles. The fourth-order valence-corrected chi connectivity index (χ4v) is 5.04. The summed E-state index contributed by atoms with van der Waals surface area (Å²) in [7, 11) is 0. The topological polar surface area (TPSA) is 58.6 Å². The summed E-state index contributed by atoms with van der Waals surface area (Å²) >= 11 is 7.58. The number of nitrogens with one attached hydrogen (secondary N) is 1. The molecule has 2 amide bonds. The number of hydrogen-bond acceptors (Lipinski definition) is 4. The quantitative estimate of drug-likeness (QED) is 0.781. The van der Waals surface area contributed by atoms with Gasteiger partial charge in [-0.1, -0.05) is 36.6 Å². The Kier molecular flexibility index (Phi) is 6.26. The second-order valence-corrected chi connectivity index (χ2v) is 9.68. The van der Waals surface area contributed by atoms with Crippen LogP contribution in [0.4, 0.5) is 4.79 Å². The molecule has 148 valence electrons. The largest absolute Gasteiger partial charge is 0.444 e. The lowest BCUT2D eigenvalue weighted by Gasteiger charge is -2.32. The average Bonchev–Trinajstić information content (AvgIpc) is 3.23. The molecule has 1 aliphatic heterocycles. The first-order chi connectivity index (χ1) is 12.7. The highest BCUT2D eigenvalue weighted by Crippen LogP contribution is 2.42. The van der Waals surface area contributed by atoms with Gasteiger partial charge in [0, 0.05) is 16.8 Å². The molecule has 2 atom stereocenters. The Labute approximate surface area is 170 Å². The minimum atomic E-state index is -0.624. The van der Waals surface area contributed by atoms with Crippen LogP contribution in [-0.2, 0) is 9.53 Å². The summed E-state index contributed by atoms with van der Waals surface area (Å²) in [5.74, 6) is 0.460. The van der Waals surface area contributed by atoms with Crippen LogP contribution in [0.1, 0.15) is 57.4 Å². The Balaban J connectivity index is 1.82. The van der Waals surface area contributed by atoms with E-state index in [1.165, 1.54) is 0 Å². The molecule has 0 aromatic heterocycles. The molecule has 5 nitrogen and oxygen atoms in total. The summed E-state index contributed by atoms with van der Waals surface area (Å²) in [6.45, 7) is 5.50. The van der Waals surface area contributed by atoms with E-state index in [1.807, 2.05) is 32.9 Å². The van der Waals surface area contributed by atoms with Crippen molar-refractivity contribution in [2.75, 3.05) is 5.75 Å². The summed E-state index contributed by atoms with van der Waals surface area (Å²) in [4.78, 5) is 27.5. The molecule has 0 radical (unpaired) electrons. The molecule has 0 bridgehead atoms. The second kappa shape index (κ2) is 8.31. The van der Waals surface area contributed by atoms with Gasteiger partial charge in [-0.15, -0.1) is 11.8 Å². The molecule has 27 heavy (non-hydrogen) atoms. The number of ether oxygens (including phenoxy) is 1. The van der Waals surface area contributed by atoms with E-state index in [1.54, 1.807) is 28.8 Å². The fraction of sp³-hybridized carbons (Fsp3) is 0.600. The van der Waals surface area contributed by atoms with Crippen LogP contribution in [0.15, 0.2) is 24.3 Å². The first kappa shape index (κ1) is 20.3. The average molecular weight is 411 g/mol. The lowest BCUT2D eigenvalue weighted by atomic mass is 10.1. The van der Waals surface area contributed by atoms with Crippen LogP contribution < -0.4 is 5.32 Å². The molecule has 2 unspecified atom stereocenters. The number of nitrogens with zero attached hydrogens (tertiary/aromatic N) is 1. The fourth-order valence-electron chi connectivity index (χ4n) is 3.50. The van der Waals surface area contributed by atoms with Gasteiger partial charge in [0.2, 0.25) is 5.91 Å². The number of amides is 2. The predicted octanol–water partition coefficient (Wildman–Crippen LogP) is 4.75. The molecule has 0 spiro atoms. The summed E-state index contributed by atoms with van der Waals surface area (Å²) in [6.07, 6.45) is 3.86. The van der Waals surface area contributed by atoms with E-state index >= 15 is 0 Å². The smallest absolute Gasteiger partial charge is 0.412 e. The van der Waals surface area contributed by atoms with E-state index in [0.717, 1.165) is 31.2 Å². The zero-order valence-corrected chi connectivity index (χ0v) is 17.6. The molecule has 2 fully saturated rings. The third kappa shape index (κ3) is 5.11. The van der Waals surface area contributed by atoms with Gasteiger partial charge < -0.3 is 10.1 Å². The SMILES string of the molecule is CC(C)(C)OC(=O)N1C(C(=O)NC2CCCC2)CSC1c1ccc(Cl)cc1. The highest BCUT2D eigenvalue weighted by molar-refractivity contribution is 7.99. The van der Waals surface area contributed by atoms with Gasteiger partial charge in [-0.25, -0.2) is 4.79 Å². The van der Waals surface area contributed by atoms with Gasteiger partial charge in [0.1, 0.15) is 17.0 Å². The van der Waals surface area contributed by atoms with Crippen molar-refractivity contribution in [3.8, 4) is 0 Å². The third-order valence-corrected chi connectivity index (χ3v) is 6.34. The van der Waals surface area contributed by atoms with E-state index in [9.17, 15) is 9.59 Å². The highest BCUT2D eigenvalue weighted by atomic mass is 35.5. The Morgan fingerprint density at radius 1 is 1.19 bits per heavy atom. The minimum absolute atomic E-state index is 0.0864. The van der Waals surface area contributed by atoms with Gasteiger partial charge in [-0.05, 0) is 51.3 Å². The van der Waals surface area contributed by atoms with Crippen molar-refractivity contribution < 1.29 is 14.3 Å². The van der Waals surface area contributed by atoms with E-state index in [2.05, 4.69) is 5.32 Å². The first-order valence-corrected chi connectivity index (χ1v) is 10.9. The number of hydrogen-bond donors (Lipinski definition) is 1. The molecular weight excluding hydrogens is 384 g/mol. The number of carbonyl (C=O) groups is 2. The van der Waals surface area contributed by atoms with Crippen LogP contribution in [-0.4, -0.2) is 40.3 Å². The van der Waals surface area contributed by atoms with Crippen molar-refractivity contribution in [1.82, 2.24) is 10.2 Å². The van der Waals surface area contributed by atoms with Crippen LogP contribution in [0.2, 0.25) is 5.02 Å². The molecule has 3 rings (SSSR count). The lowest BCUT2D eigenvalue weighted by Crippen LogP contribution is -2.51. The van der Waals surface area contributed by atoms with Crippen molar-refractivity contribution in [3.63, 3.8) is 0 Å². The molecule has 2 aliphatic rings. The molecule has 1 aliphatic carbocycles. The van der Waals surface area contributed by atoms with Gasteiger partial charge in [-0.3, -0.25) is 9.69 Å². The zero-order valence-electron chi connectivity index (χ0n) is 16.0. The molecule has 1 aromatic rings. The van der Waals surface area contributed by atoms with Crippen molar-refractivity contribution in [2.24, 2.45) is 0 Å². The Bertz CT molecular complexity index is 683. The van der Waals surface area contributed by atoms with Crippen molar-refractivity contribution in [2.45, 2.75) is 69.5 Å². The monoisotopic (exact) mass is 410 g/mol. The van der Waals surface area contributed by atoms with Crippen LogP contribution in [0, 0.1) is 0 Å². The molecule has 1 heterocycles. The maximum Gasteiger partial charge on any atom is 0.412 e. The number of rotatable bonds is 3. The zero-order chi connectivity index (χ0) is 19.6. The lowest BCUT2D eigenvalue weighted by molar-refractivity contribution is -0.126. The summed E-state index contributed by atoms with van der Waals surface area (Å²) in [6, 6.07) is 7.08. The first-order valence-electron chi connectivity index (χ1n) is 9.43. The number of benzene rings is 1. The molecule has 1 N–H and O–H groups in total. The van der Waals surface area contributed by atoms with Crippen LogP contribution in [0.25, 0.3) is 0 Å². The Morgan fingerprint density at radius 3 is 2.41 bits per heavy atom. The van der Waals surface area contributed by atoms with Crippen LogP contribution in [0.3, 0.4) is 0 Å². The van der Waals surface area contributed by atoms with Gasteiger partial charge in [0.15, 0.2) is 0 Å². The van der Waals surface area contributed by atoms with E-state index in [-0.39, 0.29) is 17.3 Å². The van der Waals surface area contributed by atoms with Gasteiger partial charge in [0.05, 0.1) is 0 Å². The van der Waals surface area contributed by atoms with Crippen LogP contribution in [0.5, 0.6) is 0 Å². The summed E-state index contributed by atoms with van der Waals surface area (Å²) in [5, 5.41) is 3.50. The number of carbonyl (C=O) groups excluding carboxylic acids is 2. The number of halogens is 1. The predicted molar refractivity (Wildman–Crippen MR) is 109 cm³/mol.